The monoisotopic (exact) mass is 320 g/mol. The molecule has 1 heterocycles. The molecule has 2 aliphatic rings. The molecule has 2 saturated carbocycles. The highest BCUT2D eigenvalue weighted by atomic mass is 32.1. The van der Waals surface area contributed by atoms with Crippen molar-refractivity contribution in [2.45, 2.75) is 57.9 Å². The molecule has 2 atom stereocenters. The molecular formula is C17H28N4S. The number of nitrogens with zero attached hydrogens (tertiary/aromatic N) is 2. The minimum atomic E-state index is 0.649. The van der Waals surface area contributed by atoms with Crippen LogP contribution in [0.2, 0.25) is 0 Å². The molecule has 0 aromatic carbocycles. The van der Waals surface area contributed by atoms with Gasteiger partial charge in [0, 0.05) is 31.4 Å². The summed E-state index contributed by atoms with van der Waals surface area (Å²) in [6.07, 6.45) is 9.50. The molecule has 0 amide bonds. The van der Waals surface area contributed by atoms with Crippen molar-refractivity contribution in [3.63, 3.8) is 0 Å². The number of aliphatic imine (C=N–C) groups is 1. The van der Waals surface area contributed by atoms with E-state index in [1.54, 1.807) is 11.3 Å². The molecule has 2 fully saturated rings. The fourth-order valence-corrected chi connectivity index (χ4v) is 4.31. The first-order chi connectivity index (χ1) is 10.8. The van der Waals surface area contributed by atoms with Gasteiger partial charge < -0.3 is 10.6 Å². The van der Waals surface area contributed by atoms with Crippen molar-refractivity contribution >= 4 is 17.3 Å². The maximum absolute atomic E-state index is 4.50. The lowest BCUT2D eigenvalue weighted by Gasteiger charge is -2.22. The van der Waals surface area contributed by atoms with E-state index in [2.05, 4.69) is 32.9 Å². The number of rotatable bonds is 5. The second-order valence-corrected chi connectivity index (χ2v) is 7.72. The van der Waals surface area contributed by atoms with E-state index in [1.807, 2.05) is 7.05 Å². The quantitative estimate of drug-likeness (QED) is 0.647. The van der Waals surface area contributed by atoms with Crippen LogP contribution in [0, 0.1) is 18.8 Å². The van der Waals surface area contributed by atoms with E-state index < -0.39 is 0 Å². The Bertz CT molecular complexity index is 505. The van der Waals surface area contributed by atoms with Gasteiger partial charge >= 0.3 is 0 Å². The molecule has 5 heteroatoms. The topological polar surface area (TPSA) is 49.3 Å². The fraction of sp³-hybridized carbons (Fsp3) is 0.765. The molecule has 1 aromatic rings. The molecule has 4 nitrogen and oxygen atoms in total. The van der Waals surface area contributed by atoms with E-state index in [9.17, 15) is 0 Å². The highest BCUT2D eigenvalue weighted by Crippen LogP contribution is 2.44. The third-order valence-electron chi connectivity index (χ3n) is 4.98. The molecule has 0 aliphatic heterocycles. The number of hydrogen-bond donors (Lipinski definition) is 2. The summed E-state index contributed by atoms with van der Waals surface area (Å²) in [4.78, 5) is 8.86. The summed E-state index contributed by atoms with van der Waals surface area (Å²) in [6.45, 7) is 2.95. The van der Waals surface area contributed by atoms with Crippen molar-refractivity contribution in [1.29, 1.82) is 0 Å². The van der Waals surface area contributed by atoms with Crippen LogP contribution in [-0.2, 0) is 6.42 Å². The van der Waals surface area contributed by atoms with E-state index in [4.69, 9.17) is 0 Å². The second kappa shape index (κ2) is 7.44. The zero-order chi connectivity index (χ0) is 15.4. The molecule has 2 unspecified atom stereocenters. The van der Waals surface area contributed by atoms with Crippen molar-refractivity contribution in [3.05, 3.63) is 16.1 Å². The molecule has 2 N–H and O–H groups in total. The Labute approximate surface area is 137 Å². The van der Waals surface area contributed by atoms with E-state index >= 15 is 0 Å². The molecule has 0 saturated heterocycles. The van der Waals surface area contributed by atoms with E-state index in [1.165, 1.54) is 44.2 Å². The smallest absolute Gasteiger partial charge is 0.191 e. The van der Waals surface area contributed by atoms with Gasteiger partial charge in [0.25, 0.3) is 0 Å². The number of guanidine groups is 1. The minimum absolute atomic E-state index is 0.649. The van der Waals surface area contributed by atoms with E-state index in [0.717, 1.165) is 35.8 Å². The summed E-state index contributed by atoms with van der Waals surface area (Å²) < 4.78 is 0. The van der Waals surface area contributed by atoms with Crippen LogP contribution in [-0.4, -0.2) is 30.6 Å². The fourth-order valence-electron chi connectivity index (χ4n) is 3.67. The molecule has 0 spiro atoms. The molecular weight excluding hydrogens is 292 g/mol. The lowest BCUT2D eigenvalue weighted by atomic mass is 9.85. The predicted molar refractivity (Wildman–Crippen MR) is 93.5 cm³/mol. The first-order valence-electron chi connectivity index (χ1n) is 8.64. The Kier molecular flexibility index (Phi) is 5.34. The number of nitrogens with one attached hydrogen (secondary N) is 2. The van der Waals surface area contributed by atoms with Crippen LogP contribution in [0.5, 0.6) is 0 Å². The van der Waals surface area contributed by atoms with Crippen LogP contribution in [0.1, 0.15) is 49.2 Å². The predicted octanol–water partition coefficient (Wildman–Crippen LogP) is 3.13. The van der Waals surface area contributed by atoms with E-state index in [-0.39, 0.29) is 0 Å². The van der Waals surface area contributed by atoms with Gasteiger partial charge in [0.2, 0.25) is 0 Å². The second-order valence-electron chi connectivity index (χ2n) is 6.66. The number of hydrogen-bond acceptors (Lipinski definition) is 3. The van der Waals surface area contributed by atoms with Crippen LogP contribution in [0.3, 0.4) is 0 Å². The maximum atomic E-state index is 4.50. The first kappa shape index (κ1) is 15.8. The number of aryl methyl sites for hydroxylation is 1. The highest BCUT2D eigenvalue weighted by molar-refractivity contribution is 7.09. The molecule has 3 rings (SSSR count). The number of aromatic nitrogens is 1. The van der Waals surface area contributed by atoms with Gasteiger partial charge in [0.05, 0.1) is 10.7 Å². The van der Waals surface area contributed by atoms with Crippen LogP contribution in [0.25, 0.3) is 0 Å². The zero-order valence-electron chi connectivity index (χ0n) is 13.8. The normalized spacial score (nSPS) is 26.0. The third kappa shape index (κ3) is 4.22. The molecule has 0 radical (unpaired) electrons. The van der Waals surface area contributed by atoms with Gasteiger partial charge in [-0.15, -0.1) is 11.3 Å². The van der Waals surface area contributed by atoms with Gasteiger partial charge in [-0.25, -0.2) is 4.98 Å². The van der Waals surface area contributed by atoms with Crippen molar-refractivity contribution in [2.24, 2.45) is 16.8 Å². The van der Waals surface area contributed by atoms with Gasteiger partial charge in [-0.05, 0) is 25.2 Å². The van der Waals surface area contributed by atoms with Gasteiger partial charge in [-0.2, -0.15) is 0 Å². The van der Waals surface area contributed by atoms with Crippen LogP contribution in [0.15, 0.2) is 10.4 Å². The Morgan fingerprint density at radius 1 is 1.36 bits per heavy atom. The maximum Gasteiger partial charge on any atom is 0.191 e. The summed E-state index contributed by atoms with van der Waals surface area (Å²) in [5.74, 6) is 2.80. The molecule has 0 bridgehead atoms. The molecule has 122 valence electrons. The third-order valence-corrected chi connectivity index (χ3v) is 5.80. The van der Waals surface area contributed by atoms with Gasteiger partial charge in [-0.1, -0.05) is 32.1 Å². The summed E-state index contributed by atoms with van der Waals surface area (Å²) in [5, 5.41) is 10.3. The Morgan fingerprint density at radius 2 is 2.18 bits per heavy atom. The van der Waals surface area contributed by atoms with Crippen molar-refractivity contribution in [2.75, 3.05) is 13.6 Å². The average molecular weight is 321 g/mol. The van der Waals surface area contributed by atoms with Gasteiger partial charge in [-0.3, -0.25) is 4.99 Å². The SMILES string of the molecule is CN=C(NCCc1csc(C)n1)NC1CC1C1CCCCC1. The average Bonchev–Trinajstić information content (AvgIpc) is 3.20. The van der Waals surface area contributed by atoms with Crippen LogP contribution >= 0.6 is 11.3 Å². The van der Waals surface area contributed by atoms with E-state index in [0.29, 0.717) is 6.04 Å². The van der Waals surface area contributed by atoms with Crippen LogP contribution in [0.4, 0.5) is 0 Å². The lowest BCUT2D eigenvalue weighted by Crippen LogP contribution is -2.40. The molecule has 22 heavy (non-hydrogen) atoms. The summed E-state index contributed by atoms with van der Waals surface area (Å²) in [7, 11) is 1.86. The summed E-state index contributed by atoms with van der Waals surface area (Å²) >= 11 is 1.72. The van der Waals surface area contributed by atoms with Crippen molar-refractivity contribution in [1.82, 2.24) is 15.6 Å². The Morgan fingerprint density at radius 3 is 2.86 bits per heavy atom. The van der Waals surface area contributed by atoms with Crippen molar-refractivity contribution < 1.29 is 0 Å². The highest BCUT2D eigenvalue weighted by Gasteiger charge is 2.43. The zero-order valence-corrected chi connectivity index (χ0v) is 14.6. The summed E-state index contributed by atoms with van der Waals surface area (Å²) in [6, 6.07) is 0.649. The lowest BCUT2D eigenvalue weighted by molar-refractivity contribution is 0.315. The number of thiazole rings is 1. The molecule has 2 aliphatic carbocycles. The standard InChI is InChI=1S/C17H28N4S/c1-12-20-14(11-22-12)8-9-19-17(18-2)21-16-10-15(16)13-6-4-3-5-7-13/h11,13,15-16H,3-10H2,1-2H3,(H2,18,19,21). The van der Waals surface area contributed by atoms with Crippen LogP contribution < -0.4 is 10.6 Å². The first-order valence-corrected chi connectivity index (χ1v) is 9.52. The Balaban J connectivity index is 1.37. The van der Waals surface area contributed by atoms with Gasteiger partial charge in [0.1, 0.15) is 0 Å². The summed E-state index contributed by atoms with van der Waals surface area (Å²) in [5.41, 5.74) is 1.18. The van der Waals surface area contributed by atoms with Gasteiger partial charge in [0.15, 0.2) is 5.96 Å². The Hall–Kier alpha value is -1.10. The largest absolute Gasteiger partial charge is 0.356 e. The van der Waals surface area contributed by atoms with Crippen molar-refractivity contribution in [3.8, 4) is 0 Å². The molecule has 1 aromatic heterocycles. The minimum Gasteiger partial charge on any atom is -0.356 e.